The molecule has 2 heterocycles. The van der Waals surface area contributed by atoms with Gasteiger partial charge in [0.15, 0.2) is 5.82 Å². The quantitative estimate of drug-likeness (QED) is 0.732. The van der Waals surface area contributed by atoms with Gasteiger partial charge in [-0.2, -0.15) is 10.1 Å². The Balaban J connectivity index is 1.64. The van der Waals surface area contributed by atoms with E-state index in [2.05, 4.69) is 25.7 Å². The largest absolute Gasteiger partial charge is 0.377 e. The molecule has 0 aromatic carbocycles. The molecule has 8 nitrogen and oxygen atoms in total. The van der Waals surface area contributed by atoms with Gasteiger partial charge in [0.2, 0.25) is 11.8 Å². The molecule has 0 atom stereocenters. The monoisotopic (exact) mass is 279 g/mol. The van der Waals surface area contributed by atoms with Crippen molar-refractivity contribution < 1.29 is 14.1 Å². The number of ether oxygens (including phenoxy) is 1. The lowest BCUT2D eigenvalue weighted by Crippen LogP contribution is -2.22. The highest BCUT2D eigenvalue weighted by atomic mass is 16.5. The van der Waals surface area contributed by atoms with Crippen molar-refractivity contribution in [1.29, 1.82) is 0 Å². The van der Waals surface area contributed by atoms with Gasteiger partial charge >= 0.3 is 0 Å². The molecule has 0 spiro atoms. The molecule has 2 aromatic heterocycles. The maximum Gasteiger partial charge on any atom is 0.246 e. The van der Waals surface area contributed by atoms with Gasteiger partial charge in [-0.15, -0.1) is 0 Å². The molecule has 0 saturated heterocycles. The molecule has 0 saturated carbocycles. The van der Waals surface area contributed by atoms with Crippen molar-refractivity contribution in [3.8, 4) is 0 Å². The Hall–Kier alpha value is -2.22. The van der Waals surface area contributed by atoms with Crippen LogP contribution in [-0.4, -0.2) is 33.4 Å². The molecule has 0 aliphatic rings. The van der Waals surface area contributed by atoms with Crippen molar-refractivity contribution >= 4 is 5.91 Å². The summed E-state index contributed by atoms with van der Waals surface area (Å²) in [7, 11) is 1.55. The minimum Gasteiger partial charge on any atom is -0.377 e. The number of H-pyrrole nitrogens is 1. The zero-order valence-corrected chi connectivity index (χ0v) is 11.3. The van der Waals surface area contributed by atoms with E-state index in [-0.39, 0.29) is 12.5 Å². The number of nitrogens with zero attached hydrogens (tertiary/aromatic N) is 3. The molecular weight excluding hydrogens is 262 g/mol. The fourth-order valence-electron chi connectivity index (χ4n) is 1.68. The number of hydrogen-bond acceptors (Lipinski definition) is 6. The number of aromatic nitrogens is 4. The summed E-state index contributed by atoms with van der Waals surface area (Å²) in [4.78, 5) is 15.7. The second-order valence-corrected chi connectivity index (χ2v) is 4.27. The van der Waals surface area contributed by atoms with Gasteiger partial charge in [0.05, 0.1) is 12.7 Å². The van der Waals surface area contributed by atoms with Crippen LogP contribution in [0.4, 0.5) is 0 Å². The Morgan fingerprint density at radius 3 is 3.20 bits per heavy atom. The number of hydrogen-bond donors (Lipinski definition) is 2. The molecule has 0 aliphatic heterocycles. The zero-order valence-electron chi connectivity index (χ0n) is 11.3. The lowest BCUT2D eigenvalue weighted by molar-refractivity contribution is -0.121. The van der Waals surface area contributed by atoms with E-state index in [1.54, 1.807) is 13.3 Å². The third-order valence-corrected chi connectivity index (χ3v) is 2.64. The number of aryl methyl sites for hydroxylation is 1. The fraction of sp³-hybridized carbons (Fsp3) is 0.500. The Labute approximate surface area is 115 Å². The van der Waals surface area contributed by atoms with Crippen molar-refractivity contribution in [2.75, 3.05) is 7.11 Å². The van der Waals surface area contributed by atoms with Gasteiger partial charge in [0.1, 0.15) is 6.61 Å². The molecule has 108 valence electrons. The van der Waals surface area contributed by atoms with Crippen molar-refractivity contribution in [2.24, 2.45) is 0 Å². The lowest BCUT2D eigenvalue weighted by atomic mass is 10.1. The zero-order chi connectivity index (χ0) is 14.2. The van der Waals surface area contributed by atoms with Crippen molar-refractivity contribution in [3.05, 3.63) is 29.7 Å². The van der Waals surface area contributed by atoms with Gasteiger partial charge in [-0.05, 0) is 18.4 Å². The topological polar surface area (TPSA) is 106 Å². The molecule has 2 aromatic rings. The van der Waals surface area contributed by atoms with Crippen LogP contribution in [0.2, 0.25) is 0 Å². The first-order valence-corrected chi connectivity index (χ1v) is 6.32. The number of amides is 1. The van der Waals surface area contributed by atoms with Crippen LogP contribution >= 0.6 is 0 Å². The van der Waals surface area contributed by atoms with Gasteiger partial charge in [-0.1, -0.05) is 5.16 Å². The van der Waals surface area contributed by atoms with E-state index in [4.69, 9.17) is 9.26 Å². The predicted octanol–water partition coefficient (Wildman–Crippen LogP) is 0.578. The summed E-state index contributed by atoms with van der Waals surface area (Å²) in [6.45, 7) is 0.531. The third-order valence-electron chi connectivity index (χ3n) is 2.64. The van der Waals surface area contributed by atoms with Crippen LogP contribution in [0.5, 0.6) is 0 Å². The molecule has 0 fully saturated rings. The van der Waals surface area contributed by atoms with Crippen LogP contribution in [0.25, 0.3) is 0 Å². The molecular formula is C12H17N5O3. The van der Waals surface area contributed by atoms with Crippen LogP contribution in [0.1, 0.15) is 30.1 Å². The molecule has 20 heavy (non-hydrogen) atoms. The van der Waals surface area contributed by atoms with E-state index >= 15 is 0 Å². The SMILES string of the molecule is COCc1noc(CNC(=O)CCCc2cn[nH]c2)n1. The summed E-state index contributed by atoms with van der Waals surface area (Å²) in [6.07, 6.45) is 5.62. The van der Waals surface area contributed by atoms with Gasteiger partial charge in [-0.3, -0.25) is 9.89 Å². The number of rotatable bonds is 8. The number of aromatic amines is 1. The number of nitrogens with one attached hydrogen (secondary N) is 2. The van der Waals surface area contributed by atoms with Crippen molar-refractivity contribution in [1.82, 2.24) is 25.7 Å². The smallest absolute Gasteiger partial charge is 0.246 e. The normalized spacial score (nSPS) is 10.7. The molecule has 0 radical (unpaired) electrons. The summed E-state index contributed by atoms with van der Waals surface area (Å²) in [5, 5.41) is 13.0. The molecule has 2 rings (SSSR count). The predicted molar refractivity (Wildman–Crippen MR) is 68.4 cm³/mol. The van der Waals surface area contributed by atoms with Crippen LogP contribution in [-0.2, 0) is 29.1 Å². The average molecular weight is 279 g/mol. The first-order valence-electron chi connectivity index (χ1n) is 6.32. The first kappa shape index (κ1) is 14.2. The van der Waals surface area contributed by atoms with E-state index in [1.807, 2.05) is 6.20 Å². The van der Waals surface area contributed by atoms with E-state index in [0.29, 0.717) is 24.7 Å². The van der Waals surface area contributed by atoms with E-state index in [0.717, 1.165) is 18.4 Å². The van der Waals surface area contributed by atoms with E-state index < -0.39 is 0 Å². The highest BCUT2D eigenvalue weighted by Crippen LogP contribution is 2.02. The second-order valence-electron chi connectivity index (χ2n) is 4.27. The molecule has 0 unspecified atom stereocenters. The minimum absolute atomic E-state index is 0.0417. The molecule has 2 N–H and O–H groups in total. The number of carbonyl (C=O) groups is 1. The van der Waals surface area contributed by atoms with E-state index in [1.165, 1.54) is 0 Å². The molecule has 0 bridgehead atoms. The Bertz CT molecular complexity index is 523. The Morgan fingerprint density at radius 1 is 1.55 bits per heavy atom. The first-order chi connectivity index (χ1) is 9.78. The van der Waals surface area contributed by atoms with Gasteiger partial charge in [0, 0.05) is 19.7 Å². The third kappa shape index (κ3) is 4.47. The Kier molecular flexibility index (Phi) is 5.24. The standard InChI is InChI=1S/C12H17N5O3/c1-19-8-10-16-12(20-17-10)7-13-11(18)4-2-3-9-5-14-15-6-9/h5-6H,2-4,7-8H2,1H3,(H,13,18)(H,14,15). The maximum atomic E-state index is 11.6. The fourth-order valence-corrected chi connectivity index (χ4v) is 1.68. The highest BCUT2D eigenvalue weighted by Gasteiger charge is 2.08. The van der Waals surface area contributed by atoms with Crippen LogP contribution in [0.15, 0.2) is 16.9 Å². The maximum absolute atomic E-state index is 11.6. The lowest BCUT2D eigenvalue weighted by Gasteiger charge is -2.01. The summed E-state index contributed by atoms with van der Waals surface area (Å²) in [6, 6.07) is 0. The van der Waals surface area contributed by atoms with Crippen LogP contribution in [0, 0.1) is 0 Å². The summed E-state index contributed by atoms with van der Waals surface area (Å²) in [5.41, 5.74) is 1.10. The Morgan fingerprint density at radius 2 is 2.45 bits per heavy atom. The van der Waals surface area contributed by atoms with Gasteiger partial charge < -0.3 is 14.6 Å². The van der Waals surface area contributed by atoms with E-state index in [9.17, 15) is 4.79 Å². The minimum atomic E-state index is -0.0417. The molecule has 1 amide bonds. The average Bonchev–Trinajstić information content (AvgIpc) is 3.08. The van der Waals surface area contributed by atoms with Crippen LogP contribution < -0.4 is 5.32 Å². The van der Waals surface area contributed by atoms with Gasteiger partial charge in [-0.25, -0.2) is 0 Å². The van der Waals surface area contributed by atoms with Crippen molar-refractivity contribution in [2.45, 2.75) is 32.4 Å². The molecule has 8 heteroatoms. The number of methoxy groups -OCH3 is 1. The van der Waals surface area contributed by atoms with Crippen molar-refractivity contribution in [3.63, 3.8) is 0 Å². The summed E-state index contributed by atoms with van der Waals surface area (Å²) < 4.78 is 9.84. The second kappa shape index (κ2) is 7.39. The summed E-state index contributed by atoms with van der Waals surface area (Å²) >= 11 is 0. The van der Waals surface area contributed by atoms with Gasteiger partial charge in [0.25, 0.3) is 0 Å². The summed E-state index contributed by atoms with van der Waals surface area (Å²) in [5.74, 6) is 0.803. The highest BCUT2D eigenvalue weighted by molar-refractivity contribution is 5.75. The molecule has 0 aliphatic carbocycles. The van der Waals surface area contributed by atoms with Crippen LogP contribution in [0.3, 0.4) is 0 Å². The number of carbonyl (C=O) groups excluding carboxylic acids is 1.